The highest BCUT2D eigenvalue weighted by Gasteiger charge is 2.25. The molecule has 1 rings (SSSR count). The number of aromatic nitrogens is 2. The van der Waals surface area contributed by atoms with Crippen molar-refractivity contribution in [3.05, 3.63) is 18.5 Å². The molecule has 7 heteroatoms. The fourth-order valence-electron chi connectivity index (χ4n) is 1.44. The molecule has 0 spiro atoms. The smallest absolute Gasteiger partial charge is 0.408 e. The lowest BCUT2D eigenvalue weighted by atomic mass is 10.1. The predicted octanol–water partition coefficient (Wildman–Crippen LogP) is 1.11. The van der Waals surface area contributed by atoms with Crippen molar-refractivity contribution in [3.63, 3.8) is 0 Å². The summed E-state index contributed by atoms with van der Waals surface area (Å²) < 4.78 is 19.2. The SMILES string of the molecule is CC(C)(C)OC(=O)NC(Cn1cccn1)C(O)CF. The number of hydrogen-bond donors (Lipinski definition) is 2. The minimum atomic E-state index is -1.31. The van der Waals surface area contributed by atoms with Crippen LogP contribution >= 0.6 is 0 Å². The van der Waals surface area contributed by atoms with Crippen molar-refractivity contribution in [2.75, 3.05) is 6.67 Å². The summed E-state index contributed by atoms with van der Waals surface area (Å²) in [6.07, 6.45) is 1.22. The van der Waals surface area contributed by atoms with E-state index in [2.05, 4.69) is 10.4 Å². The Hall–Kier alpha value is -1.63. The van der Waals surface area contributed by atoms with Crippen LogP contribution in [0, 0.1) is 0 Å². The Balaban J connectivity index is 2.62. The van der Waals surface area contributed by atoms with Crippen LogP contribution in [0.2, 0.25) is 0 Å². The number of aliphatic hydroxyl groups is 1. The van der Waals surface area contributed by atoms with Crippen LogP contribution in [0.25, 0.3) is 0 Å². The van der Waals surface area contributed by atoms with E-state index >= 15 is 0 Å². The van der Waals surface area contributed by atoms with Crippen LogP contribution < -0.4 is 5.32 Å². The zero-order valence-corrected chi connectivity index (χ0v) is 11.3. The first-order valence-electron chi connectivity index (χ1n) is 6.03. The van der Waals surface area contributed by atoms with Gasteiger partial charge in [0, 0.05) is 12.4 Å². The molecule has 2 atom stereocenters. The number of nitrogens with one attached hydrogen (secondary N) is 1. The minimum Gasteiger partial charge on any atom is -0.444 e. The van der Waals surface area contributed by atoms with E-state index in [9.17, 15) is 14.3 Å². The van der Waals surface area contributed by atoms with E-state index in [0.717, 1.165) is 0 Å². The predicted molar refractivity (Wildman–Crippen MR) is 67.4 cm³/mol. The van der Waals surface area contributed by atoms with Gasteiger partial charge in [-0.3, -0.25) is 4.68 Å². The normalized spacial score (nSPS) is 14.8. The summed E-state index contributed by atoms with van der Waals surface area (Å²) in [5, 5.41) is 16.0. The molecule has 0 aliphatic rings. The third kappa shape index (κ3) is 5.69. The zero-order valence-electron chi connectivity index (χ0n) is 11.3. The van der Waals surface area contributed by atoms with Gasteiger partial charge in [-0.2, -0.15) is 5.10 Å². The standard InChI is InChI=1S/C12H20FN3O3/c1-12(2,3)19-11(18)15-9(10(17)7-13)8-16-6-4-5-14-16/h4-6,9-10,17H,7-8H2,1-3H3,(H,15,18). The van der Waals surface area contributed by atoms with E-state index in [1.807, 2.05) is 0 Å². The second-order valence-electron chi connectivity index (χ2n) is 5.20. The number of alkyl halides is 1. The van der Waals surface area contributed by atoms with E-state index < -0.39 is 30.5 Å². The topological polar surface area (TPSA) is 76.4 Å². The Morgan fingerprint density at radius 1 is 1.58 bits per heavy atom. The Labute approximate surface area is 111 Å². The summed E-state index contributed by atoms with van der Waals surface area (Å²) in [4.78, 5) is 11.6. The minimum absolute atomic E-state index is 0.164. The van der Waals surface area contributed by atoms with Gasteiger partial charge < -0.3 is 15.2 Å². The van der Waals surface area contributed by atoms with E-state index in [-0.39, 0.29) is 6.54 Å². The van der Waals surface area contributed by atoms with Gasteiger partial charge in [0.05, 0.1) is 12.6 Å². The molecule has 0 radical (unpaired) electrons. The number of aliphatic hydroxyl groups excluding tert-OH is 1. The molecule has 0 aliphatic carbocycles. The van der Waals surface area contributed by atoms with Gasteiger partial charge >= 0.3 is 6.09 Å². The summed E-state index contributed by atoms with van der Waals surface area (Å²) in [6, 6.07) is 0.895. The Morgan fingerprint density at radius 2 is 2.26 bits per heavy atom. The number of amides is 1. The van der Waals surface area contributed by atoms with E-state index in [4.69, 9.17) is 4.74 Å². The van der Waals surface area contributed by atoms with Gasteiger partial charge in [0.25, 0.3) is 0 Å². The van der Waals surface area contributed by atoms with Crippen LogP contribution in [-0.4, -0.2) is 45.4 Å². The van der Waals surface area contributed by atoms with Gasteiger partial charge in [0.2, 0.25) is 0 Å². The second kappa shape index (κ2) is 6.51. The fourth-order valence-corrected chi connectivity index (χ4v) is 1.44. The Bertz CT molecular complexity index is 389. The van der Waals surface area contributed by atoms with Crippen LogP contribution in [-0.2, 0) is 11.3 Å². The number of rotatable bonds is 5. The monoisotopic (exact) mass is 273 g/mol. The lowest BCUT2D eigenvalue weighted by molar-refractivity contribution is 0.0369. The average Bonchev–Trinajstić information content (AvgIpc) is 2.77. The highest BCUT2D eigenvalue weighted by atomic mass is 19.1. The fraction of sp³-hybridized carbons (Fsp3) is 0.667. The molecule has 1 amide bonds. The van der Waals surface area contributed by atoms with Gasteiger partial charge in [-0.05, 0) is 26.8 Å². The highest BCUT2D eigenvalue weighted by molar-refractivity contribution is 5.68. The largest absolute Gasteiger partial charge is 0.444 e. The molecule has 1 aromatic heterocycles. The van der Waals surface area contributed by atoms with Crippen LogP contribution in [0.3, 0.4) is 0 Å². The summed E-state index contributed by atoms with van der Waals surface area (Å²) in [5.74, 6) is 0. The maximum absolute atomic E-state index is 12.6. The molecular formula is C12H20FN3O3. The third-order valence-electron chi connectivity index (χ3n) is 2.27. The number of hydrogen-bond acceptors (Lipinski definition) is 4. The number of halogens is 1. The van der Waals surface area contributed by atoms with E-state index in [1.54, 1.807) is 39.2 Å². The first kappa shape index (κ1) is 15.4. The van der Waals surface area contributed by atoms with Crippen LogP contribution in [0.5, 0.6) is 0 Å². The zero-order chi connectivity index (χ0) is 14.5. The number of nitrogens with zero attached hydrogens (tertiary/aromatic N) is 2. The highest BCUT2D eigenvalue weighted by Crippen LogP contribution is 2.08. The van der Waals surface area contributed by atoms with Crippen molar-refractivity contribution >= 4 is 6.09 Å². The molecule has 19 heavy (non-hydrogen) atoms. The number of ether oxygens (including phenoxy) is 1. The molecular weight excluding hydrogens is 253 g/mol. The van der Waals surface area contributed by atoms with Crippen molar-refractivity contribution < 1.29 is 19.0 Å². The molecule has 0 bridgehead atoms. The molecule has 0 saturated carbocycles. The second-order valence-corrected chi connectivity index (χ2v) is 5.20. The molecule has 0 saturated heterocycles. The van der Waals surface area contributed by atoms with Gasteiger partial charge in [-0.15, -0.1) is 0 Å². The summed E-state index contributed by atoms with van der Waals surface area (Å²) >= 11 is 0. The maximum atomic E-state index is 12.6. The third-order valence-corrected chi connectivity index (χ3v) is 2.27. The van der Waals surface area contributed by atoms with Crippen molar-refractivity contribution in [2.45, 2.75) is 45.1 Å². The summed E-state index contributed by atoms with van der Waals surface area (Å²) in [6.45, 7) is 4.38. The molecule has 0 aromatic carbocycles. The van der Waals surface area contributed by atoms with Crippen molar-refractivity contribution in [2.24, 2.45) is 0 Å². The number of carbonyl (C=O) groups is 1. The van der Waals surface area contributed by atoms with Crippen LogP contribution in [0.1, 0.15) is 20.8 Å². The lowest BCUT2D eigenvalue weighted by Gasteiger charge is -2.25. The molecule has 0 fully saturated rings. The quantitative estimate of drug-likeness (QED) is 0.842. The van der Waals surface area contributed by atoms with Crippen LogP contribution in [0.4, 0.5) is 9.18 Å². The number of carbonyl (C=O) groups excluding carboxylic acids is 1. The molecule has 1 aromatic rings. The molecule has 6 nitrogen and oxygen atoms in total. The van der Waals surface area contributed by atoms with Gasteiger partial charge in [-0.25, -0.2) is 9.18 Å². The van der Waals surface area contributed by atoms with E-state index in [0.29, 0.717) is 0 Å². The van der Waals surface area contributed by atoms with Gasteiger partial charge in [0.15, 0.2) is 0 Å². The molecule has 1 heterocycles. The first-order valence-corrected chi connectivity index (χ1v) is 6.03. The Morgan fingerprint density at radius 3 is 2.74 bits per heavy atom. The van der Waals surface area contributed by atoms with Gasteiger partial charge in [0.1, 0.15) is 18.4 Å². The average molecular weight is 273 g/mol. The molecule has 108 valence electrons. The van der Waals surface area contributed by atoms with Crippen molar-refractivity contribution in [3.8, 4) is 0 Å². The van der Waals surface area contributed by atoms with Gasteiger partial charge in [-0.1, -0.05) is 0 Å². The lowest BCUT2D eigenvalue weighted by Crippen LogP contribution is -2.48. The van der Waals surface area contributed by atoms with E-state index in [1.165, 1.54) is 4.68 Å². The maximum Gasteiger partial charge on any atom is 0.408 e. The summed E-state index contributed by atoms with van der Waals surface area (Å²) in [5.41, 5.74) is -0.652. The summed E-state index contributed by atoms with van der Waals surface area (Å²) in [7, 11) is 0. The van der Waals surface area contributed by atoms with Crippen molar-refractivity contribution in [1.29, 1.82) is 0 Å². The van der Waals surface area contributed by atoms with Crippen LogP contribution in [0.15, 0.2) is 18.5 Å². The van der Waals surface area contributed by atoms with Crippen molar-refractivity contribution in [1.82, 2.24) is 15.1 Å². The molecule has 2 N–H and O–H groups in total. The Kier molecular flexibility index (Phi) is 5.29. The molecule has 0 aliphatic heterocycles. The number of alkyl carbamates (subject to hydrolysis) is 1. The molecule has 2 unspecified atom stereocenters. The first-order chi connectivity index (χ1) is 8.81.